The number of hydrogen-bond donors (Lipinski definition) is 1. The van der Waals surface area contributed by atoms with Crippen molar-refractivity contribution in [3.05, 3.63) is 88.7 Å². The Morgan fingerprint density at radius 3 is 2.56 bits per heavy atom. The second-order valence-electron chi connectivity index (χ2n) is 10.7. The number of esters is 1. The number of fused-ring (bicyclic) bond motifs is 1. The van der Waals surface area contributed by atoms with Crippen molar-refractivity contribution in [3.63, 3.8) is 0 Å². The molecule has 0 bridgehead atoms. The average Bonchev–Trinajstić information content (AvgIpc) is 3.30. The van der Waals surface area contributed by atoms with Crippen molar-refractivity contribution < 1.29 is 28.2 Å². The van der Waals surface area contributed by atoms with E-state index in [1.807, 2.05) is 70.2 Å². The molecule has 1 heterocycles. The summed E-state index contributed by atoms with van der Waals surface area (Å²) in [6.07, 6.45) is -0.432. The minimum absolute atomic E-state index is 0.0458. The van der Waals surface area contributed by atoms with Gasteiger partial charge in [-0.1, -0.05) is 24.3 Å². The number of nitrogens with zero attached hydrogens (tertiary/aromatic N) is 1. The molecule has 1 amide bonds. The molecule has 0 spiro atoms. The van der Waals surface area contributed by atoms with E-state index in [0.29, 0.717) is 23.4 Å². The predicted molar refractivity (Wildman–Crippen MR) is 155 cm³/mol. The molecule has 0 atom stereocenters. The van der Waals surface area contributed by atoms with Crippen LogP contribution in [0.4, 0.5) is 4.79 Å². The summed E-state index contributed by atoms with van der Waals surface area (Å²) >= 11 is 0. The van der Waals surface area contributed by atoms with Crippen LogP contribution in [-0.2, 0) is 33.8 Å². The van der Waals surface area contributed by atoms with E-state index in [-0.39, 0.29) is 25.6 Å². The van der Waals surface area contributed by atoms with Crippen molar-refractivity contribution in [2.24, 2.45) is 0 Å². The number of hydrogen-bond acceptors (Lipinski definition) is 7. The first-order valence-electron chi connectivity index (χ1n) is 13.5. The van der Waals surface area contributed by atoms with Crippen LogP contribution in [0, 0.1) is 18.3 Å². The summed E-state index contributed by atoms with van der Waals surface area (Å²) in [6.45, 7) is 9.92. The number of alkyl carbamates (subject to hydrolysis) is 1. The van der Waals surface area contributed by atoms with Crippen molar-refractivity contribution >= 4 is 23.0 Å². The molecular weight excluding hydrogens is 520 g/mol. The van der Waals surface area contributed by atoms with Gasteiger partial charge in [-0.2, -0.15) is 5.26 Å². The van der Waals surface area contributed by atoms with Gasteiger partial charge >= 0.3 is 12.1 Å². The molecule has 8 nitrogen and oxygen atoms in total. The largest absolute Gasteiger partial charge is 0.489 e. The number of rotatable bonds is 9. The monoisotopic (exact) mass is 554 g/mol. The van der Waals surface area contributed by atoms with Gasteiger partial charge in [-0.05, 0) is 87.7 Å². The summed E-state index contributed by atoms with van der Waals surface area (Å²) in [5.74, 6) is 0.874. The van der Waals surface area contributed by atoms with E-state index in [2.05, 4.69) is 11.4 Å². The van der Waals surface area contributed by atoms with Gasteiger partial charge in [0, 0.05) is 23.1 Å². The molecule has 1 aromatic heterocycles. The highest BCUT2D eigenvalue weighted by atomic mass is 16.6. The number of nitrogens with one attached hydrogen (secondary N) is 1. The van der Waals surface area contributed by atoms with Gasteiger partial charge in [0.15, 0.2) is 0 Å². The Labute approximate surface area is 239 Å². The van der Waals surface area contributed by atoms with E-state index in [1.165, 1.54) is 0 Å². The van der Waals surface area contributed by atoms with E-state index >= 15 is 0 Å². The molecule has 0 fully saturated rings. The number of ether oxygens (including phenoxy) is 3. The maximum absolute atomic E-state index is 12.1. The zero-order valence-electron chi connectivity index (χ0n) is 24.0. The van der Waals surface area contributed by atoms with Crippen molar-refractivity contribution in [2.45, 2.75) is 59.8 Å². The molecule has 4 aromatic rings. The fourth-order valence-corrected chi connectivity index (χ4v) is 4.41. The fourth-order valence-electron chi connectivity index (χ4n) is 4.41. The summed E-state index contributed by atoms with van der Waals surface area (Å²) in [7, 11) is 0. The van der Waals surface area contributed by atoms with Gasteiger partial charge in [0.25, 0.3) is 0 Å². The Balaban J connectivity index is 1.61. The molecule has 0 aliphatic carbocycles. The lowest BCUT2D eigenvalue weighted by atomic mass is 9.99. The Bertz CT molecular complexity index is 1610. The highest BCUT2D eigenvalue weighted by Gasteiger charge is 2.17. The molecule has 3 aromatic carbocycles. The van der Waals surface area contributed by atoms with Crippen molar-refractivity contribution in [1.29, 1.82) is 5.26 Å². The first-order valence-corrected chi connectivity index (χ1v) is 13.5. The first kappa shape index (κ1) is 29.2. The van der Waals surface area contributed by atoms with Crippen LogP contribution in [0.1, 0.15) is 55.7 Å². The number of nitriles is 1. The number of carbonyl (C=O) groups excluding carboxylic acids is 2. The summed E-state index contributed by atoms with van der Waals surface area (Å²) in [5.41, 5.74) is 4.85. The number of furan rings is 1. The van der Waals surface area contributed by atoms with E-state index in [1.54, 1.807) is 25.1 Å². The zero-order chi connectivity index (χ0) is 29.6. The first-order chi connectivity index (χ1) is 19.5. The standard InChI is InChI=1S/C33H34N2O6/c1-6-38-30(36)17-26-11-10-22(18-34)16-29(26)39-20-24-14-27-12-21(2)40-31(27)28(15-24)25-9-7-8-23(13-25)19-35-32(37)41-33(3,4)5/h7-16H,6,17,19-20H2,1-5H3,(H,35,37). The minimum atomic E-state index is -0.577. The van der Waals surface area contributed by atoms with E-state index in [4.69, 9.17) is 18.6 Å². The van der Waals surface area contributed by atoms with Crippen LogP contribution in [-0.4, -0.2) is 24.3 Å². The van der Waals surface area contributed by atoms with Gasteiger partial charge in [0.2, 0.25) is 0 Å². The molecule has 41 heavy (non-hydrogen) atoms. The third-order valence-corrected chi connectivity index (χ3v) is 6.10. The molecule has 4 rings (SSSR count). The second kappa shape index (κ2) is 12.6. The van der Waals surface area contributed by atoms with E-state index in [9.17, 15) is 14.9 Å². The minimum Gasteiger partial charge on any atom is -0.489 e. The molecule has 8 heteroatoms. The maximum atomic E-state index is 12.1. The van der Waals surface area contributed by atoms with Crippen LogP contribution in [0.2, 0.25) is 0 Å². The maximum Gasteiger partial charge on any atom is 0.407 e. The third kappa shape index (κ3) is 7.89. The van der Waals surface area contributed by atoms with Crippen LogP contribution >= 0.6 is 0 Å². The predicted octanol–water partition coefficient (Wildman–Crippen LogP) is 6.99. The SMILES string of the molecule is CCOC(=O)Cc1ccc(C#N)cc1OCc1cc(-c2cccc(CNC(=O)OC(C)(C)C)c2)c2oc(C)cc2c1. The van der Waals surface area contributed by atoms with Gasteiger partial charge in [-0.3, -0.25) is 4.79 Å². The summed E-state index contributed by atoms with van der Waals surface area (Å²) in [5, 5.41) is 13.1. The molecule has 212 valence electrons. The van der Waals surface area contributed by atoms with Crippen LogP contribution in [0.5, 0.6) is 5.75 Å². The third-order valence-electron chi connectivity index (χ3n) is 6.10. The van der Waals surface area contributed by atoms with Gasteiger partial charge in [0.05, 0.1) is 24.7 Å². The zero-order valence-corrected chi connectivity index (χ0v) is 24.0. The van der Waals surface area contributed by atoms with Crippen molar-refractivity contribution in [2.75, 3.05) is 6.61 Å². The van der Waals surface area contributed by atoms with Gasteiger partial charge in [-0.15, -0.1) is 0 Å². The van der Waals surface area contributed by atoms with Crippen molar-refractivity contribution in [3.8, 4) is 22.9 Å². The molecule has 0 radical (unpaired) electrons. The Kier molecular flexibility index (Phi) is 8.98. The molecule has 0 aliphatic rings. The number of carbonyl (C=O) groups is 2. The lowest BCUT2D eigenvalue weighted by Gasteiger charge is -2.19. The Morgan fingerprint density at radius 1 is 1.02 bits per heavy atom. The Hall–Kier alpha value is -4.77. The quantitative estimate of drug-likeness (QED) is 0.222. The molecule has 1 N–H and O–H groups in total. The van der Waals surface area contributed by atoms with Gasteiger partial charge in [-0.25, -0.2) is 4.79 Å². The summed E-state index contributed by atoms with van der Waals surface area (Å²) in [4.78, 5) is 24.3. The van der Waals surface area contributed by atoms with Crippen LogP contribution in [0.3, 0.4) is 0 Å². The summed E-state index contributed by atoms with van der Waals surface area (Å²) < 4.78 is 22.7. The van der Waals surface area contributed by atoms with Crippen LogP contribution in [0.15, 0.2) is 65.1 Å². The van der Waals surface area contributed by atoms with E-state index < -0.39 is 11.7 Å². The lowest BCUT2D eigenvalue weighted by molar-refractivity contribution is -0.142. The van der Waals surface area contributed by atoms with E-state index in [0.717, 1.165) is 39.0 Å². The van der Waals surface area contributed by atoms with Gasteiger partial charge in [0.1, 0.15) is 29.3 Å². The molecule has 0 unspecified atom stereocenters. The van der Waals surface area contributed by atoms with Crippen LogP contribution in [0.25, 0.3) is 22.1 Å². The molecule has 0 aliphatic heterocycles. The lowest BCUT2D eigenvalue weighted by Crippen LogP contribution is -2.32. The number of benzene rings is 3. The highest BCUT2D eigenvalue weighted by Crippen LogP contribution is 2.34. The molecular formula is C33H34N2O6. The fraction of sp³-hybridized carbons (Fsp3) is 0.303. The normalized spacial score (nSPS) is 11.1. The average molecular weight is 555 g/mol. The summed E-state index contributed by atoms with van der Waals surface area (Å²) in [6, 6.07) is 21.0. The smallest absolute Gasteiger partial charge is 0.407 e. The highest BCUT2D eigenvalue weighted by molar-refractivity contribution is 5.93. The topological polar surface area (TPSA) is 111 Å². The molecule has 0 saturated carbocycles. The van der Waals surface area contributed by atoms with Crippen molar-refractivity contribution in [1.82, 2.24) is 5.32 Å². The molecule has 0 saturated heterocycles. The number of amides is 1. The number of aryl methyl sites for hydroxylation is 1. The van der Waals surface area contributed by atoms with Gasteiger partial charge < -0.3 is 23.9 Å². The second-order valence-corrected chi connectivity index (χ2v) is 10.7. The van der Waals surface area contributed by atoms with Crippen LogP contribution < -0.4 is 10.1 Å². The Morgan fingerprint density at radius 2 is 1.83 bits per heavy atom.